The molecule has 1 aliphatic rings. The highest BCUT2D eigenvalue weighted by Gasteiger charge is 2.22. The van der Waals surface area contributed by atoms with Crippen LogP contribution in [-0.2, 0) is 6.54 Å². The van der Waals surface area contributed by atoms with E-state index >= 15 is 0 Å². The number of anilines is 2. The van der Waals surface area contributed by atoms with Gasteiger partial charge in [0, 0.05) is 18.7 Å². The summed E-state index contributed by atoms with van der Waals surface area (Å²) in [5.41, 5.74) is 4.31. The molecule has 1 aliphatic heterocycles. The van der Waals surface area contributed by atoms with Crippen molar-refractivity contribution in [3.05, 3.63) is 81.2 Å². The molecule has 1 N–H and O–H groups in total. The zero-order chi connectivity index (χ0) is 22.7. The molecule has 166 valence electrons. The van der Waals surface area contributed by atoms with Crippen molar-refractivity contribution in [1.82, 2.24) is 9.78 Å². The third-order valence-electron chi connectivity index (χ3n) is 5.92. The Kier molecular flexibility index (Phi) is 6.20. The van der Waals surface area contributed by atoms with Gasteiger partial charge >= 0.3 is 5.69 Å². The maximum absolute atomic E-state index is 12.9. The predicted molar refractivity (Wildman–Crippen MR) is 124 cm³/mol. The Morgan fingerprint density at radius 3 is 2.41 bits per heavy atom. The van der Waals surface area contributed by atoms with Crippen LogP contribution in [-0.4, -0.2) is 33.7 Å². The summed E-state index contributed by atoms with van der Waals surface area (Å²) in [7, 11) is 0. The van der Waals surface area contributed by atoms with Crippen LogP contribution in [0.2, 0.25) is 0 Å². The molecule has 0 saturated carbocycles. The van der Waals surface area contributed by atoms with Gasteiger partial charge < -0.3 is 10.2 Å². The summed E-state index contributed by atoms with van der Waals surface area (Å²) in [4.78, 5) is 26.0. The number of carbonyl (C=O) groups is 1. The fraction of sp³-hybridized carbons (Fsp3) is 0.333. The highest BCUT2D eigenvalue weighted by molar-refractivity contribution is 6.06. The van der Waals surface area contributed by atoms with Gasteiger partial charge in [0.25, 0.3) is 5.91 Å². The first kappa shape index (κ1) is 21.5. The molecule has 0 spiro atoms. The molecule has 0 radical (unpaired) electrons. The van der Waals surface area contributed by atoms with E-state index in [9.17, 15) is 14.9 Å². The van der Waals surface area contributed by atoms with E-state index in [1.54, 1.807) is 30.7 Å². The van der Waals surface area contributed by atoms with E-state index in [1.807, 2.05) is 30.3 Å². The summed E-state index contributed by atoms with van der Waals surface area (Å²) < 4.78 is 1.62. The van der Waals surface area contributed by atoms with Gasteiger partial charge in [0.1, 0.15) is 11.4 Å². The number of rotatable bonds is 6. The Morgan fingerprint density at radius 2 is 1.75 bits per heavy atom. The third kappa shape index (κ3) is 4.49. The number of aromatic nitrogens is 2. The second-order valence-electron chi connectivity index (χ2n) is 8.15. The van der Waals surface area contributed by atoms with Crippen LogP contribution >= 0.6 is 0 Å². The summed E-state index contributed by atoms with van der Waals surface area (Å²) >= 11 is 0. The number of nitrogens with zero attached hydrogens (tertiary/aromatic N) is 4. The topological polar surface area (TPSA) is 93.3 Å². The van der Waals surface area contributed by atoms with Gasteiger partial charge in [0.2, 0.25) is 0 Å². The second-order valence-corrected chi connectivity index (χ2v) is 8.15. The van der Waals surface area contributed by atoms with Gasteiger partial charge in [-0.2, -0.15) is 5.10 Å². The quantitative estimate of drug-likeness (QED) is 0.449. The summed E-state index contributed by atoms with van der Waals surface area (Å²) in [6.07, 6.45) is 3.59. The van der Waals surface area contributed by atoms with Crippen LogP contribution in [0.4, 0.5) is 17.1 Å². The first-order chi connectivity index (χ1) is 15.4. The highest BCUT2D eigenvalue weighted by Crippen LogP contribution is 2.29. The number of nitrogens with one attached hydrogen (secondary N) is 1. The maximum atomic E-state index is 12.9. The molecule has 1 saturated heterocycles. The number of benzene rings is 2. The van der Waals surface area contributed by atoms with Gasteiger partial charge in [-0.3, -0.25) is 19.6 Å². The number of hydrogen-bond donors (Lipinski definition) is 1. The number of carbonyl (C=O) groups excluding carboxylic acids is 1. The average molecular weight is 434 g/mol. The molecule has 4 rings (SSSR count). The molecule has 0 atom stereocenters. The number of nitro groups is 1. The molecule has 8 nitrogen and oxygen atoms in total. The zero-order valence-corrected chi connectivity index (χ0v) is 18.4. The summed E-state index contributed by atoms with van der Waals surface area (Å²) in [6, 6.07) is 15.2. The first-order valence-corrected chi connectivity index (χ1v) is 10.9. The molecule has 0 aliphatic carbocycles. The monoisotopic (exact) mass is 433 g/mol. The van der Waals surface area contributed by atoms with E-state index in [1.165, 1.54) is 19.3 Å². The van der Waals surface area contributed by atoms with E-state index in [0.29, 0.717) is 23.5 Å². The zero-order valence-electron chi connectivity index (χ0n) is 18.4. The minimum Gasteiger partial charge on any atom is -0.370 e. The molecule has 32 heavy (non-hydrogen) atoms. The predicted octanol–water partition coefficient (Wildman–Crippen LogP) is 4.70. The van der Waals surface area contributed by atoms with Crippen molar-refractivity contribution in [3.8, 4) is 0 Å². The van der Waals surface area contributed by atoms with Crippen molar-refractivity contribution in [2.24, 2.45) is 0 Å². The molecule has 3 aromatic rings. The van der Waals surface area contributed by atoms with Crippen LogP contribution in [0.15, 0.2) is 48.5 Å². The van der Waals surface area contributed by atoms with E-state index in [2.05, 4.69) is 21.4 Å². The Balaban J connectivity index is 1.47. The molecular formula is C24H27N5O3. The number of aryl methyl sites for hydroxylation is 1. The normalized spacial score (nSPS) is 13.8. The molecule has 0 bridgehead atoms. The maximum Gasteiger partial charge on any atom is 0.312 e. The van der Waals surface area contributed by atoms with Crippen molar-refractivity contribution in [2.75, 3.05) is 23.3 Å². The van der Waals surface area contributed by atoms with Crippen LogP contribution in [0.1, 0.15) is 46.6 Å². The third-order valence-corrected chi connectivity index (χ3v) is 5.92. The van der Waals surface area contributed by atoms with Crippen LogP contribution < -0.4 is 10.2 Å². The van der Waals surface area contributed by atoms with Crippen molar-refractivity contribution in [2.45, 2.75) is 39.7 Å². The van der Waals surface area contributed by atoms with Gasteiger partial charge in [-0.1, -0.05) is 24.3 Å². The van der Waals surface area contributed by atoms with Gasteiger partial charge in [-0.15, -0.1) is 0 Å². The minimum absolute atomic E-state index is 0.0494. The largest absolute Gasteiger partial charge is 0.370 e. The smallest absolute Gasteiger partial charge is 0.312 e. The average Bonchev–Trinajstić information content (AvgIpc) is 3.08. The number of piperidine rings is 1. The molecular weight excluding hydrogens is 406 g/mol. The fourth-order valence-electron chi connectivity index (χ4n) is 4.22. The molecule has 2 heterocycles. The lowest BCUT2D eigenvalue weighted by molar-refractivity contribution is -0.386. The lowest BCUT2D eigenvalue weighted by Gasteiger charge is -2.30. The van der Waals surface area contributed by atoms with Crippen LogP contribution in [0.5, 0.6) is 0 Å². The van der Waals surface area contributed by atoms with Gasteiger partial charge in [0.15, 0.2) is 0 Å². The summed E-state index contributed by atoms with van der Waals surface area (Å²) in [5.74, 6) is -0.164. The van der Waals surface area contributed by atoms with E-state index in [0.717, 1.165) is 30.0 Å². The lowest BCUT2D eigenvalue weighted by Crippen LogP contribution is -2.30. The van der Waals surface area contributed by atoms with Gasteiger partial charge in [-0.25, -0.2) is 0 Å². The minimum atomic E-state index is -0.399. The van der Waals surface area contributed by atoms with E-state index in [4.69, 9.17) is 0 Å². The summed E-state index contributed by atoms with van der Waals surface area (Å²) in [5, 5.41) is 18.5. The molecule has 0 unspecified atom stereocenters. The van der Waals surface area contributed by atoms with Crippen molar-refractivity contribution in [1.29, 1.82) is 0 Å². The Morgan fingerprint density at radius 1 is 1.06 bits per heavy atom. The summed E-state index contributed by atoms with van der Waals surface area (Å²) in [6.45, 7) is 5.74. The number of para-hydroxylation sites is 2. The van der Waals surface area contributed by atoms with E-state index in [-0.39, 0.29) is 11.6 Å². The first-order valence-electron chi connectivity index (χ1n) is 10.9. The molecule has 1 amide bonds. The molecule has 1 fully saturated rings. The fourth-order valence-corrected chi connectivity index (χ4v) is 4.22. The Hall–Kier alpha value is -3.68. The Bertz CT molecular complexity index is 1130. The second kappa shape index (κ2) is 9.21. The van der Waals surface area contributed by atoms with E-state index < -0.39 is 4.92 Å². The standard InChI is InChI=1S/C24H27N5O3/c1-17-23(29(31)32)18(2)28(26-17)16-19-10-12-20(13-11-19)24(30)25-21-8-4-5-9-22(21)27-14-6-3-7-15-27/h4-5,8-13H,3,6-7,14-16H2,1-2H3,(H,25,30). The number of amides is 1. The van der Waals surface area contributed by atoms with Crippen LogP contribution in [0.25, 0.3) is 0 Å². The lowest BCUT2D eigenvalue weighted by atomic mass is 10.1. The van der Waals surface area contributed by atoms with Crippen LogP contribution in [0.3, 0.4) is 0 Å². The molecule has 2 aromatic carbocycles. The van der Waals surface area contributed by atoms with Crippen molar-refractivity contribution < 1.29 is 9.72 Å². The van der Waals surface area contributed by atoms with Gasteiger partial charge in [0.05, 0.1) is 22.8 Å². The van der Waals surface area contributed by atoms with Crippen LogP contribution in [0, 0.1) is 24.0 Å². The van der Waals surface area contributed by atoms with Crippen molar-refractivity contribution in [3.63, 3.8) is 0 Å². The Labute approximate surface area is 187 Å². The number of hydrogen-bond acceptors (Lipinski definition) is 5. The van der Waals surface area contributed by atoms with Gasteiger partial charge in [-0.05, 0) is 62.9 Å². The van der Waals surface area contributed by atoms with Crippen molar-refractivity contribution >= 4 is 23.0 Å². The SMILES string of the molecule is Cc1nn(Cc2ccc(C(=O)Nc3ccccc3N3CCCCC3)cc2)c(C)c1[N+](=O)[O-]. The molecule has 8 heteroatoms. The highest BCUT2D eigenvalue weighted by atomic mass is 16.6. The molecule has 1 aromatic heterocycles.